The molecule has 3 aliphatic heterocycles. The molecule has 5 aromatic rings. The lowest BCUT2D eigenvalue weighted by Gasteiger charge is -2.48. The molecule has 0 saturated carbocycles. The highest BCUT2D eigenvalue weighted by Gasteiger charge is 2.39. The molecular formula is C51H65N12O7P. The highest BCUT2D eigenvalue weighted by molar-refractivity contribution is 7.49. The highest BCUT2D eigenvalue weighted by Crippen LogP contribution is 2.41. The van der Waals surface area contributed by atoms with Crippen LogP contribution in [0, 0.1) is 5.41 Å². The molecule has 1 unspecified atom stereocenters. The lowest BCUT2D eigenvalue weighted by atomic mass is 9.90. The van der Waals surface area contributed by atoms with Crippen molar-refractivity contribution in [3.63, 3.8) is 0 Å². The monoisotopic (exact) mass is 988 g/mol. The van der Waals surface area contributed by atoms with Crippen LogP contribution in [0.15, 0.2) is 78.5 Å². The molecule has 3 atom stereocenters. The zero-order valence-corrected chi connectivity index (χ0v) is 42.4. The molecular weight excluding hydrogens is 924 g/mol. The number of nitrogens with zero attached hydrogens (tertiary/aromatic N) is 9. The molecule has 7 heterocycles. The summed E-state index contributed by atoms with van der Waals surface area (Å²) in [6, 6.07) is 13.8. The number of aromatic nitrogens is 5. The molecule has 9 rings (SSSR count). The van der Waals surface area contributed by atoms with Crippen molar-refractivity contribution in [1.29, 1.82) is 0 Å². The van der Waals surface area contributed by atoms with E-state index in [1.54, 1.807) is 56.5 Å². The second kappa shape index (κ2) is 19.1. The quantitative estimate of drug-likeness (QED) is 0.0618. The van der Waals surface area contributed by atoms with Crippen LogP contribution in [0.4, 0.5) is 34.4 Å². The number of carbonyl (C=O) groups is 2. The van der Waals surface area contributed by atoms with Gasteiger partial charge in [0, 0.05) is 99.3 Å². The van der Waals surface area contributed by atoms with E-state index in [9.17, 15) is 33.8 Å². The van der Waals surface area contributed by atoms with Crippen LogP contribution in [0.5, 0.6) is 0 Å². The molecule has 2 fully saturated rings. The number of pyridine rings is 2. The molecule has 71 heavy (non-hydrogen) atoms. The Labute approximate surface area is 413 Å². The third-order valence-electron chi connectivity index (χ3n) is 14.6. The minimum Gasteiger partial charge on any atom is -0.392 e. The summed E-state index contributed by atoms with van der Waals surface area (Å²) in [6.45, 7) is 19.7. The van der Waals surface area contributed by atoms with Crippen LogP contribution in [0.2, 0.25) is 0 Å². The largest absolute Gasteiger partial charge is 0.401 e. The Morgan fingerprint density at radius 1 is 0.986 bits per heavy atom. The zero-order chi connectivity index (χ0) is 50.7. The lowest BCUT2D eigenvalue weighted by molar-refractivity contribution is -0.111. The molecule has 1 aromatic carbocycles. The number of rotatable bonds is 13. The van der Waals surface area contributed by atoms with Crippen molar-refractivity contribution >= 4 is 53.9 Å². The zero-order valence-electron chi connectivity index (χ0n) is 41.5. The Morgan fingerprint density at radius 3 is 2.46 bits per heavy atom. The van der Waals surface area contributed by atoms with E-state index in [1.807, 2.05) is 30.3 Å². The fraction of sp³-hybridized carbons (Fsp3) is 0.451. The first kappa shape index (κ1) is 49.8. The molecule has 4 aliphatic rings. The summed E-state index contributed by atoms with van der Waals surface area (Å²) < 4.78 is 15.2. The first-order valence-corrected chi connectivity index (χ1v) is 25.9. The lowest BCUT2D eigenvalue weighted by Crippen LogP contribution is -2.58. The van der Waals surface area contributed by atoms with Crippen LogP contribution in [-0.4, -0.2) is 107 Å². The number of carbonyl (C=O) groups excluding carboxylic acids is 2. The Morgan fingerprint density at radius 2 is 1.77 bits per heavy atom. The van der Waals surface area contributed by atoms with Crippen LogP contribution in [0.25, 0.3) is 11.3 Å². The molecule has 1 aliphatic carbocycles. The van der Waals surface area contributed by atoms with E-state index < -0.39 is 25.5 Å². The number of piperidine rings is 1. The van der Waals surface area contributed by atoms with Gasteiger partial charge in [-0.15, -0.1) is 0 Å². The van der Waals surface area contributed by atoms with Gasteiger partial charge >= 0.3 is 7.75 Å². The first-order chi connectivity index (χ1) is 33.6. The maximum atomic E-state index is 14.1. The number of anilines is 6. The van der Waals surface area contributed by atoms with Gasteiger partial charge in [0.2, 0.25) is 5.91 Å². The van der Waals surface area contributed by atoms with E-state index in [0.717, 1.165) is 56.7 Å². The first-order valence-electron chi connectivity index (χ1n) is 24.3. The van der Waals surface area contributed by atoms with Gasteiger partial charge in [-0.2, -0.15) is 0 Å². The number of benzene rings is 1. The molecule has 376 valence electrons. The summed E-state index contributed by atoms with van der Waals surface area (Å²) in [6.07, 6.45) is 9.93. The smallest absolute Gasteiger partial charge is 0.392 e. The van der Waals surface area contributed by atoms with Crippen LogP contribution < -0.4 is 36.0 Å². The van der Waals surface area contributed by atoms with E-state index in [2.05, 4.69) is 79.2 Å². The Hall–Kier alpha value is -6.21. The van der Waals surface area contributed by atoms with Gasteiger partial charge in [-0.1, -0.05) is 20.4 Å². The normalized spacial score (nSPS) is 20.5. The van der Waals surface area contributed by atoms with Crippen LogP contribution in [0.1, 0.15) is 87.4 Å². The predicted octanol–water partition coefficient (Wildman–Crippen LogP) is 5.67. The third kappa shape index (κ3) is 10.0. The van der Waals surface area contributed by atoms with Gasteiger partial charge in [-0.3, -0.25) is 29.2 Å². The number of hydrogen-bond acceptors (Lipinski definition) is 12. The molecule has 0 radical (unpaired) electrons. The van der Waals surface area contributed by atoms with E-state index in [0.29, 0.717) is 71.1 Å². The average Bonchev–Trinajstić information content (AvgIpc) is 3.81. The SMILES string of the molecule is C=CC(=O)Nc1cc(Nc2nc(-c3ccnc(N4CCn5c(cc6c5CC(C)(C)C6)C4=O)c3CO)cn(C)c2=O)ccc1N1CCN(C2CCN(c3ccc(C(C)(C)NP(=O)(O)O)nc3)[C@H](C)C2)C[C@@H]1C. The maximum Gasteiger partial charge on any atom is 0.401 e. The number of hydrogen-bond donors (Lipinski definition) is 6. The minimum atomic E-state index is -4.46. The van der Waals surface area contributed by atoms with Crippen LogP contribution in [-0.2, 0) is 47.9 Å². The molecule has 0 bridgehead atoms. The Balaban J connectivity index is 0.897. The number of amides is 2. The number of aliphatic hydroxyl groups excluding tert-OH is 1. The number of piperazine rings is 1. The van der Waals surface area contributed by atoms with E-state index in [4.69, 9.17) is 4.98 Å². The molecule has 20 heteroatoms. The van der Waals surface area contributed by atoms with Crippen molar-refractivity contribution in [3.8, 4) is 11.3 Å². The van der Waals surface area contributed by atoms with Crippen molar-refractivity contribution in [3.05, 3.63) is 112 Å². The molecule has 4 aromatic heterocycles. The van der Waals surface area contributed by atoms with Gasteiger partial charge in [0.25, 0.3) is 11.5 Å². The van der Waals surface area contributed by atoms with Crippen molar-refractivity contribution in [1.82, 2.24) is 34.1 Å². The fourth-order valence-electron chi connectivity index (χ4n) is 11.2. The molecule has 6 N–H and O–H groups in total. The summed E-state index contributed by atoms with van der Waals surface area (Å²) in [4.78, 5) is 82.4. The molecule has 2 amide bonds. The molecule has 2 saturated heterocycles. The van der Waals surface area contributed by atoms with Crippen molar-refractivity contribution in [2.75, 3.05) is 58.1 Å². The molecule has 0 spiro atoms. The fourth-order valence-corrected chi connectivity index (χ4v) is 12.1. The van der Waals surface area contributed by atoms with Gasteiger partial charge in [0.05, 0.1) is 46.8 Å². The van der Waals surface area contributed by atoms with Gasteiger partial charge < -0.3 is 44.5 Å². The maximum absolute atomic E-state index is 14.1. The minimum absolute atomic E-state index is 0.0280. The number of fused-ring (bicyclic) bond motifs is 3. The molecule has 19 nitrogen and oxygen atoms in total. The second-order valence-electron chi connectivity index (χ2n) is 20.8. The standard InChI is InChI=1S/C51H65N12O7P/c1-9-45(65)55-39-24-34(10-12-41(39)61-19-18-59(28-32(61)3)35-15-17-60(31(2)22-35)36-11-13-44(53-27-36)51(6,7)57-71(68,69)70)54-46-49(67)58(8)29-40(56-46)37-14-16-52-47(38(37)30-64)63-21-20-62-42(48(63)66)23-33-25-50(4,5)26-43(33)62/h9-14,16,23-24,27,29,31-32,35,64H,1,15,17-22,25-26,28,30H2,2-8H3,(H,54,56)(H,55,65)(H3,57,68,69,70)/t31-,32+,35?/m1/s1. The Kier molecular flexibility index (Phi) is 13.4. The van der Waals surface area contributed by atoms with E-state index >= 15 is 0 Å². The van der Waals surface area contributed by atoms with Crippen molar-refractivity contribution in [2.24, 2.45) is 12.5 Å². The summed E-state index contributed by atoms with van der Waals surface area (Å²) in [5, 5.41) is 19.4. The van der Waals surface area contributed by atoms with Crippen molar-refractivity contribution < 1.29 is 29.0 Å². The van der Waals surface area contributed by atoms with Gasteiger partial charge in [0.15, 0.2) is 5.82 Å². The summed E-state index contributed by atoms with van der Waals surface area (Å²) in [7, 11) is -2.83. The third-order valence-corrected chi connectivity index (χ3v) is 15.4. The summed E-state index contributed by atoms with van der Waals surface area (Å²) >= 11 is 0. The van der Waals surface area contributed by atoms with Gasteiger partial charge in [-0.05, 0) is 113 Å². The predicted molar refractivity (Wildman–Crippen MR) is 275 cm³/mol. The number of aliphatic hydroxyl groups is 1. The average molecular weight is 989 g/mol. The van der Waals surface area contributed by atoms with E-state index in [-0.39, 0.29) is 35.1 Å². The summed E-state index contributed by atoms with van der Waals surface area (Å²) in [5.41, 5.74) is 6.54. The summed E-state index contributed by atoms with van der Waals surface area (Å²) in [5.74, 6) is -0.175. The topological polar surface area (TPSA) is 227 Å². The van der Waals surface area contributed by atoms with Crippen LogP contribution >= 0.6 is 7.75 Å². The van der Waals surface area contributed by atoms with Crippen LogP contribution in [0.3, 0.4) is 0 Å². The van der Waals surface area contributed by atoms with E-state index in [1.165, 1.54) is 21.9 Å². The van der Waals surface area contributed by atoms with Gasteiger partial charge in [0.1, 0.15) is 11.5 Å². The Bertz CT molecular complexity index is 3000. The number of nitrogens with one attached hydrogen (secondary N) is 3. The highest BCUT2D eigenvalue weighted by atomic mass is 31.2. The van der Waals surface area contributed by atoms with Crippen molar-refractivity contribution in [2.45, 2.75) is 104 Å². The van der Waals surface area contributed by atoms with Gasteiger partial charge in [-0.25, -0.2) is 19.6 Å². The number of aryl methyl sites for hydroxylation is 1. The second-order valence-corrected chi connectivity index (χ2v) is 22.1.